The molecule has 16 heavy (non-hydrogen) atoms. The zero-order valence-electron chi connectivity index (χ0n) is 8.77. The second-order valence-electron chi connectivity index (χ2n) is 3.81. The van der Waals surface area contributed by atoms with Gasteiger partial charge in [-0.05, 0) is 24.6 Å². The Morgan fingerprint density at radius 3 is 3.00 bits per heavy atom. The highest BCUT2D eigenvalue weighted by atomic mass is 16.5. The number of carboxylic acids is 1. The number of carbonyl (C=O) groups is 1. The van der Waals surface area contributed by atoms with E-state index in [-0.39, 0.29) is 17.3 Å². The molecule has 1 aliphatic heterocycles. The minimum atomic E-state index is -1.01. The molecule has 0 aromatic heterocycles. The highest BCUT2D eigenvalue weighted by Gasteiger charge is 2.16. The molecule has 1 fully saturated rings. The number of ether oxygens (including phenoxy) is 1. The molecule has 0 radical (unpaired) electrons. The quantitative estimate of drug-likeness (QED) is 0.668. The third-order valence-electron chi connectivity index (χ3n) is 2.58. The number of hydrogen-bond donors (Lipinski definition) is 3. The SMILES string of the molecule is Nc1ccc(NC2CCOC2)cc1C(=O)O. The topological polar surface area (TPSA) is 84.6 Å². The Labute approximate surface area is 93.2 Å². The maximum atomic E-state index is 10.9. The summed E-state index contributed by atoms with van der Waals surface area (Å²) in [5.41, 5.74) is 6.74. The lowest BCUT2D eigenvalue weighted by molar-refractivity contribution is 0.0698. The Balaban J connectivity index is 2.15. The van der Waals surface area contributed by atoms with Crippen molar-refractivity contribution in [1.29, 1.82) is 0 Å². The lowest BCUT2D eigenvalue weighted by Gasteiger charge is -2.13. The van der Waals surface area contributed by atoms with Crippen LogP contribution in [0.5, 0.6) is 0 Å². The van der Waals surface area contributed by atoms with Gasteiger partial charge in [0.1, 0.15) is 0 Å². The number of nitrogens with two attached hydrogens (primary N) is 1. The fourth-order valence-corrected chi connectivity index (χ4v) is 1.72. The van der Waals surface area contributed by atoms with Gasteiger partial charge in [0.25, 0.3) is 0 Å². The van der Waals surface area contributed by atoms with E-state index in [1.54, 1.807) is 18.2 Å². The number of benzene rings is 1. The van der Waals surface area contributed by atoms with E-state index in [1.807, 2.05) is 0 Å². The molecule has 1 aromatic rings. The Kier molecular flexibility index (Phi) is 2.96. The molecule has 1 aliphatic rings. The van der Waals surface area contributed by atoms with Gasteiger partial charge in [-0.1, -0.05) is 0 Å². The summed E-state index contributed by atoms with van der Waals surface area (Å²) in [6.07, 6.45) is 0.937. The van der Waals surface area contributed by atoms with Crippen molar-refractivity contribution in [3.63, 3.8) is 0 Å². The number of nitrogen functional groups attached to an aromatic ring is 1. The summed E-state index contributed by atoms with van der Waals surface area (Å²) in [5.74, 6) is -1.01. The first kappa shape index (κ1) is 10.8. The number of nitrogens with one attached hydrogen (secondary N) is 1. The van der Waals surface area contributed by atoms with E-state index >= 15 is 0 Å². The molecule has 0 spiro atoms. The lowest BCUT2D eigenvalue weighted by atomic mass is 10.1. The monoisotopic (exact) mass is 222 g/mol. The van der Waals surface area contributed by atoms with Crippen LogP contribution in [-0.4, -0.2) is 30.3 Å². The zero-order chi connectivity index (χ0) is 11.5. The summed E-state index contributed by atoms with van der Waals surface area (Å²) in [6.45, 7) is 1.41. The molecule has 0 bridgehead atoms. The highest BCUT2D eigenvalue weighted by molar-refractivity contribution is 5.94. The normalized spacial score (nSPS) is 19.6. The van der Waals surface area contributed by atoms with Crippen LogP contribution in [0.25, 0.3) is 0 Å². The summed E-state index contributed by atoms with van der Waals surface area (Å²) in [4.78, 5) is 10.9. The molecular weight excluding hydrogens is 208 g/mol. The number of carboxylic acid groups (broad SMARTS) is 1. The fraction of sp³-hybridized carbons (Fsp3) is 0.364. The molecule has 0 aliphatic carbocycles. The van der Waals surface area contributed by atoms with Gasteiger partial charge < -0.3 is 20.9 Å². The van der Waals surface area contributed by atoms with Crippen molar-refractivity contribution >= 4 is 17.3 Å². The minimum absolute atomic E-state index is 0.129. The molecule has 1 heterocycles. The van der Waals surface area contributed by atoms with Gasteiger partial charge >= 0.3 is 5.97 Å². The molecule has 4 N–H and O–H groups in total. The smallest absolute Gasteiger partial charge is 0.337 e. The standard InChI is InChI=1S/C11H14N2O3/c12-10-2-1-7(5-9(10)11(14)15)13-8-3-4-16-6-8/h1-2,5,8,13H,3-4,6,12H2,(H,14,15). The van der Waals surface area contributed by atoms with E-state index < -0.39 is 5.97 Å². The second kappa shape index (κ2) is 4.40. The van der Waals surface area contributed by atoms with Crippen molar-refractivity contribution in [2.24, 2.45) is 0 Å². The van der Waals surface area contributed by atoms with Crippen LogP contribution in [0.3, 0.4) is 0 Å². The Bertz CT molecular complexity index is 400. The van der Waals surface area contributed by atoms with E-state index in [0.29, 0.717) is 6.61 Å². The van der Waals surface area contributed by atoms with Gasteiger partial charge in [-0.3, -0.25) is 0 Å². The van der Waals surface area contributed by atoms with Gasteiger partial charge in [0.2, 0.25) is 0 Å². The number of rotatable bonds is 3. The van der Waals surface area contributed by atoms with Gasteiger partial charge in [0, 0.05) is 18.0 Å². The third kappa shape index (κ3) is 2.25. The van der Waals surface area contributed by atoms with Crippen LogP contribution in [-0.2, 0) is 4.74 Å². The maximum Gasteiger partial charge on any atom is 0.337 e. The molecule has 86 valence electrons. The van der Waals surface area contributed by atoms with Crippen molar-refractivity contribution in [3.8, 4) is 0 Å². The first-order valence-electron chi connectivity index (χ1n) is 5.14. The van der Waals surface area contributed by atoms with Crippen molar-refractivity contribution < 1.29 is 14.6 Å². The first-order valence-corrected chi connectivity index (χ1v) is 5.14. The molecule has 5 heteroatoms. The molecule has 2 rings (SSSR count). The lowest BCUT2D eigenvalue weighted by Crippen LogP contribution is -2.19. The zero-order valence-corrected chi connectivity index (χ0v) is 8.77. The van der Waals surface area contributed by atoms with Crippen LogP contribution in [0.4, 0.5) is 11.4 Å². The van der Waals surface area contributed by atoms with Crippen LogP contribution in [0.1, 0.15) is 16.8 Å². The number of aromatic carboxylic acids is 1. The maximum absolute atomic E-state index is 10.9. The van der Waals surface area contributed by atoms with E-state index in [4.69, 9.17) is 15.6 Å². The Morgan fingerprint density at radius 1 is 1.56 bits per heavy atom. The summed E-state index contributed by atoms with van der Waals surface area (Å²) in [5, 5.41) is 12.1. The second-order valence-corrected chi connectivity index (χ2v) is 3.81. The fourth-order valence-electron chi connectivity index (χ4n) is 1.72. The molecule has 0 amide bonds. The molecule has 1 aromatic carbocycles. The number of anilines is 2. The van der Waals surface area contributed by atoms with E-state index in [2.05, 4.69) is 5.32 Å². The minimum Gasteiger partial charge on any atom is -0.478 e. The molecule has 5 nitrogen and oxygen atoms in total. The Morgan fingerprint density at radius 2 is 2.38 bits per heavy atom. The molecular formula is C11H14N2O3. The van der Waals surface area contributed by atoms with Crippen LogP contribution in [0, 0.1) is 0 Å². The first-order chi connectivity index (χ1) is 7.66. The van der Waals surface area contributed by atoms with Crippen LogP contribution in [0.2, 0.25) is 0 Å². The average molecular weight is 222 g/mol. The summed E-state index contributed by atoms with van der Waals surface area (Å²) in [6, 6.07) is 5.18. The van der Waals surface area contributed by atoms with E-state index in [1.165, 1.54) is 0 Å². The van der Waals surface area contributed by atoms with Crippen molar-refractivity contribution in [1.82, 2.24) is 0 Å². The highest BCUT2D eigenvalue weighted by Crippen LogP contribution is 2.20. The number of hydrogen-bond acceptors (Lipinski definition) is 4. The largest absolute Gasteiger partial charge is 0.478 e. The van der Waals surface area contributed by atoms with E-state index in [9.17, 15) is 4.79 Å². The average Bonchev–Trinajstić information content (AvgIpc) is 2.73. The van der Waals surface area contributed by atoms with Gasteiger partial charge in [-0.25, -0.2) is 4.79 Å². The predicted molar refractivity (Wildman–Crippen MR) is 60.7 cm³/mol. The Hall–Kier alpha value is -1.75. The van der Waals surface area contributed by atoms with Crippen LogP contribution in [0.15, 0.2) is 18.2 Å². The van der Waals surface area contributed by atoms with Gasteiger partial charge in [-0.15, -0.1) is 0 Å². The summed E-state index contributed by atoms with van der Waals surface area (Å²) < 4.78 is 5.23. The van der Waals surface area contributed by atoms with Gasteiger partial charge in [0.15, 0.2) is 0 Å². The van der Waals surface area contributed by atoms with Gasteiger partial charge in [0.05, 0.1) is 18.2 Å². The molecule has 1 atom stereocenters. The summed E-state index contributed by atoms with van der Waals surface area (Å²) in [7, 11) is 0. The van der Waals surface area contributed by atoms with Crippen molar-refractivity contribution in [3.05, 3.63) is 23.8 Å². The summed E-state index contributed by atoms with van der Waals surface area (Å²) >= 11 is 0. The third-order valence-corrected chi connectivity index (χ3v) is 2.58. The van der Waals surface area contributed by atoms with Gasteiger partial charge in [-0.2, -0.15) is 0 Å². The molecule has 1 saturated heterocycles. The molecule has 0 saturated carbocycles. The van der Waals surface area contributed by atoms with Crippen molar-refractivity contribution in [2.75, 3.05) is 24.3 Å². The van der Waals surface area contributed by atoms with Crippen LogP contribution >= 0.6 is 0 Å². The van der Waals surface area contributed by atoms with Crippen molar-refractivity contribution in [2.45, 2.75) is 12.5 Å². The van der Waals surface area contributed by atoms with Crippen LogP contribution < -0.4 is 11.1 Å². The predicted octanol–water partition coefficient (Wildman–Crippen LogP) is 1.17. The molecule has 1 unspecified atom stereocenters. The van der Waals surface area contributed by atoms with E-state index in [0.717, 1.165) is 18.7 Å².